The molecular formula is C25H22N2O3. The first-order valence-corrected chi connectivity index (χ1v) is 10.5. The summed E-state index contributed by atoms with van der Waals surface area (Å²) in [4.78, 5) is 18.8. The number of carbonyl (C=O) groups is 1. The molecule has 0 saturated carbocycles. The molecule has 30 heavy (non-hydrogen) atoms. The Morgan fingerprint density at radius 1 is 1.10 bits per heavy atom. The normalized spacial score (nSPS) is 20.3. The number of aromatic nitrogens is 1. The van der Waals surface area contributed by atoms with E-state index in [1.54, 1.807) is 0 Å². The van der Waals surface area contributed by atoms with Gasteiger partial charge < -0.3 is 14.5 Å². The Morgan fingerprint density at radius 3 is 2.77 bits per heavy atom. The first-order chi connectivity index (χ1) is 14.8. The van der Waals surface area contributed by atoms with E-state index in [4.69, 9.17) is 9.47 Å². The lowest BCUT2D eigenvalue weighted by molar-refractivity contribution is -0.157. The van der Waals surface area contributed by atoms with Gasteiger partial charge in [-0.15, -0.1) is 0 Å². The molecule has 3 heterocycles. The molecule has 1 aromatic heterocycles. The Balaban J connectivity index is 1.57. The van der Waals surface area contributed by atoms with Crippen molar-refractivity contribution in [2.45, 2.75) is 25.6 Å². The third-order valence-electron chi connectivity index (χ3n) is 6.29. The van der Waals surface area contributed by atoms with Crippen molar-refractivity contribution >= 4 is 27.6 Å². The molecule has 0 fully saturated rings. The molecule has 0 unspecified atom stereocenters. The highest BCUT2D eigenvalue weighted by Gasteiger charge is 2.45. The van der Waals surface area contributed by atoms with Crippen LogP contribution in [0, 0.1) is 0 Å². The number of H-pyrrole nitrogens is 1. The first-order valence-electron chi connectivity index (χ1n) is 10.5. The highest BCUT2D eigenvalue weighted by molar-refractivity contribution is 5.92. The van der Waals surface area contributed by atoms with Crippen molar-refractivity contribution in [2.75, 3.05) is 13.2 Å². The summed E-state index contributed by atoms with van der Waals surface area (Å²) in [5.74, 6) is 0.556. The second-order valence-corrected chi connectivity index (χ2v) is 7.88. The van der Waals surface area contributed by atoms with Gasteiger partial charge in [0.2, 0.25) is 0 Å². The SMILES string of the molecule is CCOC(=O)[C@H]1c2ccc3ccccc3c2O[C@@H]2c3[nH]c4ccccc4c3CCN21. The molecule has 2 aliphatic heterocycles. The molecule has 0 radical (unpaired) electrons. The molecule has 0 bridgehead atoms. The van der Waals surface area contributed by atoms with Gasteiger partial charge >= 0.3 is 5.97 Å². The van der Waals surface area contributed by atoms with Crippen LogP contribution in [0.25, 0.3) is 21.7 Å². The average Bonchev–Trinajstić information content (AvgIpc) is 3.17. The molecule has 150 valence electrons. The smallest absolute Gasteiger partial charge is 0.328 e. The number of aromatic amines is 1. The fourth-order valence-electron chi connectivity index (χ4n) is 5.00. The van der Waals surface area contributed by atoms with Gasteiger partial charge in [0, 0.05) is 28.4 Å². The average molecular weight is 398 g/mol. The van der Waals surface area contributed by atoms with Crippen LogP contribution in [0.2, 0.25) is 0 Å². The van der Waals surface area contributed by atoms with Crippen LogP contribution < -0.4 is 4.74 Å². The van der Waals surface area contributed by atoms with Gasteiger partial charge in [0.05, 0.1) is 12.3 Å². The van der Waals surface area contributed by atoms with Crippen LogP contribution in [-0.2, 0) is 16.0 Å². The lowest BCUT2D eigenvalue weighted by Gasteiger charge is -2.44. The number of carbonyl (C=O) groups excluding carboxylic acids is 1. The predicted octanol–water partition coefficient (Wildman–Crippen LogP) is 4.87. The summed E-state index contributed by atoms with van der Waals surface area (Å²) in [6.07, 6.45) is 0.506. The van der Waals surface area contributed by atoms with E-state index in [0.717, 1.165) is 46.3 Å². The van der Waals surface area contributed by atoms with Crippen LogP contribution in [0.4, 0.5) is 0 Å². The van der Waals surface area contributed by atoms with E-state index in [1.165, 1.54) is 10.9 Å². The van der Waals surface area contributed by atoms with Gasteiger partial charge in [-0.1, -0.05) is 54.6 Å². The Morgan fingerprint density at radius 2 is 1.90 bits per heavy atom. The molecule has 2 atom stereocenters. The molecule has 3 aromatic carbocycles. The molecule has 5 nitrogen and oxygen atoms in total. The van der Waals surface area contributed by atoms with E-state index in [9.17, 15) is 4.79 Å². The number of benzene rings is 3. The molecule has 6 rings (SSSR count). The second-order valence-electron chi connectivity index (χ2n) is 7.88. The van der Waals surface area contributed by atoms with Crippen LogP contribution in [0.5, 0.6) is 5.75 Å². The van der Waals surface area contributed by atoms with Gasteiger partial charge in [-0.05, 0) is 30.4 Å². The maximum absolute atomic E-state index is 13.1. The molecule has 0 saturated heterocycles. The highest BCUT2D eigenvalue weighted by Crippen LogP contribution is 2.48. The lowest BCUT2D eigenvalue weighted by Crippen LogP contribution is -2.47. The van der Waals surface area contributed by atoms with Gasteiger partial charge in [-0.3, -0.25) is 0 Å². The highest BCUT2D eigenvalue weighted by atomic mass is 16.5. The van der Waals surface area contributed by atoms with Crippen LogP contribution in [0.15, 0.2) is 60.7 Å². The summed E-state index contributed by atoms with van der Waals surface area (Å²) in [6.45, 7) is 2.94. The van der Waals surface area contributed by atoms with Gasteiger partial charge in [-0.25, -0.2) is 9.69 Å². The molecule has 5 heteroatoms. The fraction of sp³-hybridized carbons (Fsp3) is 0.240. The van der Waals surface area contributed by atoms with Gasteiger partial charge in [0.1, 0.15) is 11.8 Å². The van der Waals surface area contributed by atoms with Crippen LogP contribution >= 0.6 is 0 Å². The molecule has 0 amide bonds. The minimum absolute atomic E-state index is 0.220. The third-order valence-corrected chi connectivity index (χ3v) is 6.29. The summed E-state index contributed by atoms with van der Waals surface area (Å²) >= 11 is 0. The number of hydrogen-bond donors (Lipinski definition) is 1. The number of fused-ring (bicyclic) bond motifs is 8. The molecule has 0 spiro atoms. The second kappa shape index (κ2) is 6.61. The van der Waals surface area contributed by atoms with Crippen molar-refractivity contribution in [3.63, 3.8) is 0 Å². The number of ether oxygens (including phenoxy) is 2. The fourth-order valence-corrected chi connectivity index (χ4v) is 5.00. The third kappa shape index (κ3) is 2.42. The summed E-state index contributed by atoms with van der Waals surface area (Å²) < 4.78 is 12.2. The summed E-state index contributed by atoms with van der Waals surface area (Å²) in [7, 11) is 0. The number of rotatable bonds is 2. The van der Waals surface area contributed by atoms with E-state index in [-0.39, 0.29) is 12.2 Å². The van der Waals surface area contributed by atoms with Crippen molar-refractivity contribution in [3.8, 4) is 5.75 Å². The van der Waals surface area contributed by atoms with Crippen molar-refractivity contribution in [1.29, 1.82) is 0 Å². The Labute approximate surface area is 174 Å². The zero-order valence-corrected chi connectivity index (χ0v) is 16.7. The van der Waals surface area contributed by atoms with Gasteiger partial charge in [0.25, 0.3) is 0 Å². The quantitative estimate of drug-likeness (QED) is 0.489. The number of nitrogens with one attached hydrogen (secondary N) is 1. The van der Waals surface area contributed by atoms with E-state index in [0.29, 0.717) is 6.61 Å². The largest absolute Gasteiger partial charge is 0.468 e. The molecule has 2 aliphatic rings. The van der Waals surface area contributed by atoms with Crippen LogP contribution in [0.3, 0.4) is 0 Å². The van der Waals surface area contributed by atoms with Crippen LogP contribution in [0.1, 0.15) is 36.0 Å². The van der Waals surface area contributed by atoms with E-state index >= 15 is 0 Å². The van der Waals surface area contributed by atoms with Crippen LogP contribution in [-0.4, -0.2) is 29.0 Å². The first kappa shape index (κ1) is 17.5. The van der Waals surface area contributed by atoms with Gasteiger partial charge in [0.15, 0.2) is 6.23 Å². The van der Waals surface area contributed by atoms with Crippen molar-refractivity contribution in [3.05, 3.63) is 77.5 Å². The summed E-state index contributed by atoms with van der Waals surface area (Å²) in [5.41, 5.74) is 4.29. The Hall–Kier alpha value is -3.31. The molecule has 0 aliphatic carbocycles. The monoisotopic (exact) mass is 398 g/mol. The standard InChI is InChI=1S/C25H22N2O3/c1-2-29-25(28)22-19-12-11-15-7-3-4-8-16(15)23(19)30-24-21-18(13-14-27(22)24)17-9-5-6-10-20(17)26-21/h3-12,22,24,26H,2,13-14H2,1H3/t22-,24-/m1/s1. The van der Waals surface area contributed by atoms with Crippen molar-refractivity contribution in [2.24, 2.45) is 0 Å². The number of para-hydroxylation sites is 1. The minimum Gasteiger partial charge on any atom is -0.468 e. The number of hydrogen-bond acceptors (Lipinski definition) is 4. The molecular weight excluding hydrogens is 376 g/mol. The van der Waals surface area contributed by atoms with E-state index in [2.05, 4.69) is 46.3 Å². The van der Waals surface area contributed by atoms with E-state index in [1.807, 2.05) is 31.2 Å². The maximum Gasteiger partial charge on any atom is 0.328 e. The van der Waals surface area contributed by atoms with Crippen molar-refractivity contribution < 1.29 is 14.3 Å². The number of nitrogens with zero attached hydrogens (tertiary/aromatic N) is 1. The molecule has 1 N–H and O–H groups in total. The lowest BCUT2D eigenvalue weighted by atomic mass is 9.93. The summed E-state index contributed by atoms with van der Waals surface area (Å²) in [6, 6.07) is 20.1. The Bertz CT molecular complexity index is 1290. The number of esters is 1. The minimum atomic E-state index is -0.483. The molecule has 4 aromatic rings. The van der Waals surface area contributed by atoms with E-state index < -0.39 is 6.04 Å². The topological polar surface area (TPSA) is 54.6 Å². The maximum atomic E-state index is 13.1. The predicted molar refractivity (Wildman–Crippen MR) is 115 cm³/mol. The van der Waals surface area contributed by atoms with Crippen molar-refractivity contribution in [1.82, 2.24) is 9.88 Å². The zero-order chi connectivity index (χ0) is 20.2. The van der Waals surface area contributed by atoms with Gasteiger partial charge in [-0.2, -0.15) is 0 Å². The Kier molecular flexibility index (Phi) is 3.86. The summed E-state index contributed by atoms with van der Waals surface area (Å²) in [5, 5.41) is 3.35. The zero-order valence-electron chi connectivity index (χ0n) is 16.7.